The van der Waals surface area contributed by atoms with E-state index in [-0.39, 0.29) is 11.7 Å². The van der Waals surface area contributed by atoms with Gasteiger partial charge in [0.05, 0.1) is 17.8 Å². The molecule has 3 heterocycles. The number of hydrogen-bond acceptors (Lipinski definition) is 3. The molecule has 5 rings (SSSR count). The van der Waals surface area contributed by atoms with E-state index in [0.29, 0.717) is 18.2 Å². The molecule has 0 unspecified atom stereocenters. The molecule has 0 bridgehead atoms. The van der Waals surface area contributed by atoms with Gasteiger partial charge < -0.3 is 4.90 Å². The maximum absolute atomic E-state index is 13.4. The first-order valence-electron chi connectivity index (χ1n) is 9.70. The van der Waals surface area contributed by atoms with E-state index in [1.807, 2.05) is 24.2 Å². The van der Waals surface area contributed by atoms with E-state index in [4.69, 9.17) is 0 Å². The number of pyridine rings is 1. The Morgan fingerprint density at radius 1 is 1.07 bits per heavy atom. The molecule has 28 heavy (non-hydrogen) atoms. The first kappa shape index (κ1) is 17.1. The molecular formula is C22H21FN4O. The number of halogens is 1. The summed E-state index contributed by atoms with van der Waals surface area (Å²) in [6, 6.07) is 8.50. The van der Waals surface area contributed by atoms with Crippen molar-refractivity contribution in [3.05, 3.63) is 59.8 Å². The van der Waals surface area contributed by atoms with Crippen LogP contribution in [0.15, 0.2) is 42.7 Å². The van der Waals surface area contributed by atoms with Crippen molar-refractivity contribution in [3.8, 4) is 22.4 Å². The van der Waals surface area contributed by atoms with Gasteiger partial charge in [-0.15, -0.1) is 0 Å². The zero-order valence-electron chi connectivity index (χ0n) is 15.7. The minimum absolute atomic E-state index is 0.0684. The van der Waals surface area contributed by atoms with E-state index in [1.54, 1.807) is 23.0 Å². The number of aromatic nitrogens is 3. The van der Waals surface area contributed by atoms with E-state index in [2.05, 4.69) is 10.1 Å². The number of amides is 1. The van der Waals surface area contributed by atoms with Crippen LogP contribution < -0.4 is 0 Å². The normalized spacial score (nSPS) is 16.8. The first-order chi connectivity index (χ1) is 13.6. The summed E-state index contributed by atoms with van der Waals surface area (Å²) in [4.78, 5) is 19.8. The summed E-state index contributed by atoms with van der Waals surface area (Å²) in [5.41, 5.74) is 4.80. The van der Waals surface area contributed by atoms with E-state index in [0.717, 1.165) is 40.9 Å². The van der Waals surface area contributed by atoms with Gasteiger partial charge in [0.2, 0.25) is 0 Å². The van der Waals surface area contributed by atoms with Crippen LogP contribution in [-0.4, -0.2) is 31.6 Å². The third-order valence-electron chi connectivity index (χ3n) is 5.83. The summed E-state index contributed by atoms with van der Waals surface area (Å²) in [6.07, 6.45) is 8.19. The van der Waals surface area contributed by atoms with Crippen molar-refractivity contribution in [2.75, 3.05) is 0 Å². The standard InChI is InChI=1S/C22H21FN4O/c1-26-12-18(21(25-26)14-6-8-15(23)9-7-14)17-10-11-24-19-13-27(22(28)20(17)19)16-4-2-3-5-16/h6-12,16H,2-5,13H2,1H3. The van der Waals surface area contributed by atoms with Gasteiger partial charge >= 0.3 is 0 Å². The lowest BCUT2D eigenvalue weighted by Crippen LogP contribution is -2.33. The molecule has 2 aromatic heterocycles. The summed E-state index contributed by atoms with van der Waals surface area (Å²) in [7, 11) is 1.85. The monoisotopic (exact) mass is 376 g/mol. The van der Waals surface area contributed by atoms with Crippen molar-refractivity contribution < 1.29 is 9.18 Å². The highest BCUT2D eigenvalue weighted by molar-refractivity contribution is 6.05. The van der Waals surface area contributed by atoms with Gasteiger partial charge in [0.1, 0.15) is 11.5 Å². The molecule has 2 aliphatic rings. The van der Waals surface area contributed by atoms with Crippen LogP contribution in [0.4, 0.5) is 4.39 Å². The number of rotatable bonds is 3. The molecular weight excluding hydrogens is 355 g/mol. The Labute approximate surface area is 162 Å². The van der Waals surface area contributed by atoms with Crippen molar-refractivity contribution in [1.29, 1.82) is 0 Å². The largest absolute Gasteiger partial charge is 0.330 e. The van der Waals surface area contributed by atoms with Crippen LogP contribution in [0.3, 0.4) is 0 Å². The Morgan fingerprint density at radius 3 is 2.57 bits per heavy atom. The van der Waals surface area contributed by atoms with E-state index in [9.17, 15) is 9.18 Å². The zero-order chi connectivity index (χ0) is 19.3. The molecule has 0 radical (unpaired) electrons. The maximum atomic E-state index is 13.4. The van der Waals surface area contributed by atoms with Gasteiger partial charge in [-0.25, -0.2) is 4.39 Å². The van der Waals surface area contributed by atoms with Gasteiger partial charge in [0.15, 0.2) is 0 Å². The number of hydrogen-bond donors (Lipinski definition) is 0. The van der Waals surface area contributed by atoms with Crippen LogP contribution in [0.25, 0.3) is 22.4 Å². The van der Waals surface area contributed by atoms with Crippen molar-refractivity contribution in [2.24, 2.45) is 7.05 Å². The summed E-state index contributed by atoms with van der Waals surface area (Å²) >= 11 is 0. The van der Waals surface area contributed by atoms with Crippen LogP contribution in [0, 0.1) is 5.82 Å². The van der Waals surface area contributed by atoms with Crippen LogP contribution in [-0.2, 0) is 13.6 Å². The minimum Gasteiger partial charge on any atom is -0.330 e. The van der Waals surface area contributed by atoms with Gasteiger partial charge in [-0.05, 0) is 43.2 Å². The topological polar surface area (TPSA) is 51.0 Å². The Bertz CT molecular complexity index is 1050. The second-order valence-electron chi connectivity index (χ2n) is 7.62. The van der Waals surface area contributed by atoms with Crippen molar-refractivity contribution in [1.82, 2.24) is 19.7 Å². The van der Waals surface area contributed by atoms with Crippen molar-refractivity contribution >= 4 is 5.91 Å². The third kappa shape index (κ3) is 2.71. The van der Waals surface area contributed by atoms with Gasteiger partial charge in [0, 0.05) is 42.2 Å². The SMILES string of the molecule is Cn1cc(-c2ccnc3c2C(=O)N(C2CCCC2)C3)c(-c2ccc(F)cc2)n1. The molecule has 0 N–H and O–H groups in total. The van der Waals surface area contributed by atoms with E-state index < -0.39 is 0 Å². The summed E-state index contributed by atoms with van der Waals surface area (Å²) < 4.78 is 15.1. The predicted molar refractivity (Wildman–Crippen MR) is 104 cm³/mol. The van der Waals surface area contributed by atoms with Crippen LogP contribution in [0.5, 0.6) is 0 Å². The molecule has 0 saturated heterocycles. The fourth-order valence-electron chi connectivity index (χ4n) is 4.48. The molecule has 1 aromatic carbocycles. The predicted octanol–water partition coefficient (Wildman–Crippen LogP) is 4.19. The molecule has 1 aliphatic carbocycles. The van der Waals surface area contributed by atoms with Gasteiger partial charge in [-0.1, -0.05) is 12.8 Å². The maximum Gasteiger partial charge on any atom is 0.257 e. The van der Waals surface area contributed by atoms with Gasteiger partial charge in [-0.3, -0.25) is 14.5 Å². The summed E-state index contributed by atoms with van der Waals surface area (Å²) in [5, 5.41) is 4.58. The molecule has 3 aromatic rings. The minimum atomic E-state index is -0.284. The second kappa shape index (κ2) is 6.55. The number of aryl methyl sites for hydroxylation is 1. The molecule has 6 heteroatoms. The van der Waals surface area contributed by atoms with Crippen LogP contribution in [0.2, 0.25) is 0 Å². The summed E-state index contributed by atoms with van der Waals surface area (Å²) in [5.74, 6) is -0.215. The van der Waals surface area contributed by atoms with Crippen LogP contribution >= 0.6 is 0 Å². The quantitative estimate of drug-likeness (QED) is 0.689. The molecule has 1 amide bonds. The average molecular weight is 376 g/mol. The lowest BCUT2D eigenvalue weighted by Gasteiger charge is -2.23. The number of fused-ring (bicyclic) bond motifs is 1. The van der Waals surface area contributed by atoms with Gasteiger partial charge in [0.25, 0.3) is 5.91 Å². The fraction of sp³-hybridized carbons (Fsp3) is 0.318. The Kier molecular flexibility index (Phi) is 4.00. The molecule has 5 nitrogen and oxygen atoms in total. The number of nitrogens with zero attached hydrogens (tertiary/aromatic N) is 4. The van der Waals surface area contributed by atoms with Crippen molar-refractivity contribution in [3.63, 3.8) is 0 Å². The molecule has 1 fully saturated rings. The van der Waals surface area contributed by atoms with E-state index in [1.165, 1.54) is 25.0 Å². The highest BCUT2D eigenvalue weighted by atomic mass is 19.1. The van der Waals surface area contributed by atoms with Crippen LogP contribution in [0.1, 0.15) is 41.7 Å². The number of carbonyl (C=O) groups is 1. The molecule has 0 atom stereocenters. The number of carbonyl (C=O) groups excluding carboxylic acids is 1. The molecule has 142 valence electrons. The molecule has 0 spiro atoms. The fourth-order valence-corrected chi connectivity index (χ4v) is 4.48. The molecule has 1 aliphatic heterocycles. The highest BCUT2D eigenvalue weighted by Crippen LogP contribution is 2.38. The van der Waals surface area contributed by atoms with E-state index >= 15 is 0 Å². The Morgan fingerprint density at radius 2 is 1.82 bits per heavy atom. The van der Waals surface area contributed by atoms with Crippen molar-refractivity contribution in [2.45, 2.75) is 38.3 Å². The number of benzene rings is 1. The third-order valence-corrected chi connectivity index (χ3v) is 5.83. The Hall–Kier alpha value is -3.02. The summed E-state index contributed by atoms with van der Waals surface area (Å²) in [6.45, 7) is 0.582. The van der Waals surface area contributed by atoms with Gasteiger partial charge in [-0.2, -0.15) is 5.10 Å². The zero-order valence-corrected chi connectivity index (χ0v) is 15.7. The average Bonchev–Trinajstić information content (AvgIpc) is 3.41. The molecule has 1 saturated carbocycles. The Balaban J connectivity index is 1.61. The lowest BCUT2D eigenvalue weighted by atomic mass is 9.97. The first-order valence-corrected chi connectivity index (χ1v) is 9.70. The highest BCUT2D eigenvalue weighted by Gasteiger charge is 2.37. The lowest BCUT2D eigenvalue weighted by molar-refractivity contribution is 0.0707. The smallest absolute Gasteiger partial charge is 0.257 e. The second-order valence-corrected chi connectivity index (χ2v) is 7.62.